The van der Waals surface area contributed by atoms with Gasteiger partial charge in [0.05, 0.1) is 19.3 Å². The summed E-state index contributed by atoms with van der Waals surface area (Å²) in [6, 6.07) is 4.94. The lowest BCUT2D eigenvalue weighted by Crippen LogP contribution is -2.40. The largest absolute Gasteiger partial charge is 0.379 e. The number of carbonyl (C=O) groups excluding carboxylic acids is 1. The zero-order chi connectivity index (χ0) is 16.2. The number of nitrogens with one attached hydrogen (secondary N) is 1. The number of rotatable bonds is 5. The van der Waals surface area contributed by atoms with Crippen molar-refractivity contribution >= 4 is 5.91 Å². The highest BCUT2D eigenvalue weighted by atomic mass is 19.3. The third-order valence-corrected chi connectivity index (χ3v) is 3.80. The maximum absolute atomic E-state index is 12.5. The van der Waals surface area contributed by atoms with E-state index in [4.69, 9.17) is 4.74 Å². The van der Waals surface area contributed by atoms with Crippen molar-refractivity contribution in [3.63, 3.8) is 0 Å². The number of hydrogen-bond acceptors (Lipinski definition) is 4. The molecule has 1 fully saturated rings. The molecule has 3 heterocycles. The first-order chi connectivity index (χ1) is 11.1. The second kappa shape index (κ2) is 6.82. The average Bonchev–Trinajstić information content (AvgIpc) is 3.18. The van der Waals surface area contributed by atoms with Gasteiger partial charge in [-0.3, -0.25) is 9.78 Å². The zero-order valence-electron chi connectivity index (χ0n) is 12.2. The van der Waals surface area contributed by atoms with Gasteiger partial charge < -0.3 is 10.1 Å². The summed E-state index contributed by atoms with van der Waals surface area (Å²) in [6.07, 6.45) is 5.27. The van der Waals surface area contributed by atoms with E-state index in [1.54, 1.807) is 12.4 Å². The molecular weight excluding hydrogens is 306 g/mol. The second-order valence-electron chi connectivity index (χ2n) is 5.40. The molecule has 3 rings (SSSR count). The topological polar surface area (TPSA) is 69.0 Å². The number of alkyl halides is 2. The van der Waals surface area contributed by atoms with Crippen LogP contribution in [0.4, 0.5) is 8.78 Å². The van der Waals surface area contributed by atoms with E-state index in [9.17, 15) is 13.6 Å². The predicted octanol–water partition coefficient (Wildman–Crippen LogP) is 1.66. The number of carbonyl (C=O) groups is 1. The molecule has 1 saturated heterocycles. The van der Waals surface area contributed by atoms with Crippen LogP contribution < -0.4 is 5.32 Å². The Balaban J connectivity index is 1.62. The van der Waals surface area contributed by atoms with Crippen LogP contribution in [0.3, 0.4) is 0 Å². The molecule has 1 N–H and O–H groups in total. The quantitative estimate of drug-likeness (QED) is 0.909. The minimum absolute atomic E-state index is 0.0279. The Morgan fingerprint density at radius 1 is 1.35 bits per heavy atom. The predicted molar refractivity (Wildman–Crippen MR) is 77.0 cm³/mol. The van der Waals surface area contributed by atoms with Crippen LogP contribution >= 0.6 is 0 Å². The lowest BCUT2D eigenvalue weighted by Gasteiger charge is -2.18. The first-order valence-electron chi connectivity index (χ1n) is 7.24. The molecule has 0 bridgehead atoms. The third kappa shape index (κ3) is 3.70. The molecule has 0 aliphatic carbocycles. The molecule has 1 aliphatic heterocycles. The summed E-state index contributed by atoms with van der Waals surface area (Å²) in [4.78, 5) is 16.1. The maximum Gasteiger partial charge on any atom is 0.333 e. The SMILES string of the molecule is O=C(N[C@H]1COC[C@H]1Cc1ccncc1)c1ccn(C(F)F)n1. The van der Waals surface area contributed by atoms with Crippen molar-refractivity contribution in [3.8, 4) is 0 Å². The monoisotopic (exact) mass is 322 g/mol. The van der Waals surface area contributed by atoms with Crippen LogP contribution in [0.25, 0.3) is 0 Å². The summed E-state index contributed by atoms with van der Waals surface area (Å²) in [5.74, 6) is -0.349. The minimum atomic E-state index is -2.76. The summed E-state index contributed by atoms with van der Waals surface area (Å²) in [5, 5.41) is 6.38. The number of aromatic nitrogens is 3. The van der Waals surface area contributed by atoms with Crippen molar-refractivity contribution < 1.29 is 18.3 Å². The Morgan fingerprint density at radius 3 is 2.83 bits per heavy atom. The lowest BCUT2D eigenvalue weighted by molar-refractivity contribution is 0.0559. The number of nitrogens with zero attached hydrogens (tertiary/aromatic N) is 3. The first-order valence-corrected chi connectivity index (χ1v) is 7.24. The molecule has 8 heteroatoms. The van der Waals surface area contributed by atoms with Gasteiger partial charge in [-0.05, 0) is 30.2 Å². The van der Waals surface area contributed by atoms with Crippen LogP contribution in [0, 0.1) is 5.92 Å². The fraction of sp³-hybridized carbons (Fsp3) is 0.400. The molecule has 6 nitrogen and oxygen atoms in total. The van der Waals surface area contributed by atoms with Gasteiger partial charge in [-0.1, -0.05) is 0 Å². The van der Waals surface area contributed by atoms with Gasteiger partial charge in [0.2, 0.25) is 0 Å². The van der Waals surface area contributed by atoms with Crippen LogP contribution in [0.15, 0.2) is 36.8 Å². The van der Waals surface area contributed by atoms with E-state index in [0.717, 1.165) is 18.2 Å². The molecule has 2 atom stereocenters. The van der Waals surface area contributed by atoms with E-state index < -0.39 is 12.5 Å². The van der Waals surface area contributed by atoms with Crippen LogP contribution in [0.1, 0.15) is 22.6 Å². The van der Waals surface area contributed by atoms with E-state index in [0.29, 0.717) is 17.9 Å². The molecule has 2 aromatic rings. The molecular formula is C15H16F2N4O2. The second-order valence-corrected chi connectivity index (χ2v) is 5.40. The highest BCUT2D eigenvalue weighted by Gasteiger charge is 2.30. The van der Waals surface area contributed by atoms with Crippen molar-refractivity contribution in [3.05, 3.63) is 48.0 Å². The van der Waals surface area contributed by atoms with E-state index in [1.807, 2.05) is 12.1 Å². The van der Waals surface area contributed by atoms with Crippen molar-refractivity contribution in [1.29, 1.82) is 0 Å². The summed E-state index contributed by atoms with van der Waals surface area (Å²) < 4.78 is 30.9. The van der Waals surface area contributed by atoms with Crippen molar-refractivity contribution in [2.45, 2.75) is 19.0 Å². The van der Waals surface area contributed by atoms with Gasteiger partial charge in [-0.15, -0.1) is 0 Å². The normalized spacial score (nSPS) is 20.8. The Bertz CT molecular complexity index is 663. The Labute approximate surface area is 131 Å². The number of amides is 1. The van der Waals surface area contributed by atoms with E-state index in [1.165, 1.54) is 6.07 Å². The van der Waals surface area contributed by atoms with E-state index in [2.05, 4.69) is 15.4 Å². The molecule has 1 aliphatic rings. The van der Waals surface area contributed by atoms with Gasteiger partial charge in [-0.2, -0.15) is 13.9 Å². The zero-order valence-corrected chi connectivity index (χ0v) is 12.2. The van der Waals surface area contributed by atoms with Crippen molar-refractivity contribution in [2.75, 3.05) is 13.2 Å². The van der Waals surface area contributed by atoms with Gasteiger partial charge in [0.25, 0.3) is 5.91 Å². The fourth-order valence-electron chi connectivity index (χ4n) is 2.59. The molecule has 0 saturated carbocycles. The van der Waals surface area contributed by atoms with Crippen LogP contribution in [-0.4, -0.2) is 39.9 Å². The van der Waals surface area contributed by atoms with Crippen molar-refractivity contribution in [1.82, 2.24) is 20.1 Å². The Kier molecular flexibility index (Phi) is 4.61. The van der Waals surface area contributed by atoms with Crippen LogP contribution in [-0.2, 0) is 11.2 Å². The Hall–Kier alpha value is -2.35. The van der Waals surface area contributed by atoms with Gasteiger partial charge in [-0.25, -0.2) is 4.68 Å². The van der Waals surface area contributed by atoms with Crippen LogP contribution in [0.5, 0.6) is 0 Å². The molecule has 2 aromatic heterocycles. The van der Waals surface area contributed by atoms with Gasteiger partial charge >= 0.3 is 6.55 Å². The molecule has 0 aromatic carbocycles. The number of pyridine rings is 1. The van der Waals surface area contributed by atoms with Gasteiger partial charge in [0.1, 0.15) is 5.69 Å². The minimum Gasteiger partial charge on any atom is -0.379 e. The first kappa shape index (κ1) is 15.5. The average molecular weight is 322 g/mol. The highest BCUT2D eigenvalue weighted by Crippen LogP contribution is 2.19. The molecule has 23 heavy (non-hydrogen) atoms. The summed E-state index contributed by atoms with van der Waals surface area (Å²) in [5.41, 5.74) is 1.08. The van der Waals surface area contributed by atoms with Gasteiger partial charge in [0.15, 0.2) is 0 Å². The summed E-state index contributed by atoms with van der Waals surface area (Å²) in [7, 11) is 0. The smallest absolute Gasteiger partial charge is 0.333 e. The van der Waals surface area contributed by atoms with Crippen molar-refractivity contribution in [2.24, 2.45) is 5.92 Å². The molecule has 122 valence electrons. The number of ether oxygens (including phenoxy) is 1. The summed E-state index contributed by atoms with van der Waals surface area (Å²) in [6.45, 7) is -1.82. The standard InChI is InChI=1S/C15H16F2N4O2/c16-15(17)21-6-3-12(20-21)14(22)19-13-9-23-8-11(13)7-10-1-4-18-5-2-10/h1-6,11,13,15H,7-9H2,(H,19,22)/t11-,13+/m1/s1. The maximum atomic E-state index is 12.5. The van der Waals surface area contributed by atoms with Gasteiger partial charge in [0, 0.05) is 24.5 Å². The van der Waals surface area contributed by atoms with Crippen LogP contribution in [0.2, 0.25) is 0 Å². The van der Waals surface area contributed by atoms with E-state index in [-0.39, 0.29) is 17.7 Å². The fourth-order valence-corrected chi connectivity index (χ4v) is 2.59. The number of hydrogen-bond donors (Lipinski definition) is 1. The summed E-state index contributed by atoms with van der Waals surface area (Å²) >= 11 is 0. The molecule has 1 amide bonds. The van der Waals surface area contributed by atoms with E-state index >= 15 is 0 Å². The number of halogens is 2. The Morgan fingerprint density at radius 2 is 2.13 bits per heavy atom. The molecule has 0 unspecified atom stereocenters. The highest BCUT2D eigenvalue weighted by molar-refractivity contribution is 5.92. The molecule has 0 radical (unpaired) electrons. The lowest BCUT2D eigenvalue weighted by atomic mass is 9.95. The molecule has 0 spiro atoms. The third-order valence-electron chi connectivity index (χ3n) is 3.80.